The number of rotatable bonds is 11. The van der Waals surface area contributed by atoms with Crippen LogP contribution < -0.4 is 0 Å². The van der Waals surface area contributed by atoms with Gasteiger partial charge in [0.15, 0.2) is 0 Å². The first-order valence-electron chi connectivity index (χ1n) is 8.64. The number of phenolic OH excluding ortho intramolecular Hbond substituents is 1. The SMILES string of the molecule is CCCCCCC(CCCC)Cc1c(O)cccc1C(=O)O. The molecule has 1 aromatic rings. The number of hydrogen-bond acceptors (Lipinski definition) is 2. The minimum Gasteiger partial charge on any atom is -0.508 e. The number of carboxylic acids is 1. The van der Waals surface area contributed by atoms with Gasteiger partial charge in [0.05, 0.1) is 5.56 Å². The first-order chi connectivity index (χ1) is 10.6. The first-order valence-corrected chi connectivity index (χ1v) is 8.64. The summed E-state index contributed by atoms with van der Waals surface area (Å²) in [6.07, 6.45) is 10.1. The van der Waals surface area contributed by atoms with E-state index in [0.29, 0.717) is 17.9 Å². The second kappa shape index (κ2) is 10.3. The van der Waals surface area contributed by atoms with Gasteiger partial charge in [-0.2, -0.15) is 0 Å². The fourth-order valence-corrected chi connectivity index (χ4v) is 2.98. The Balaban J connectivity index is 2.77. The Morgan fingerprint density at radius 1 is 1.05 bits per heavy atom. The van der Waals surface area contributed by atoms with Gasteiger partial charge in [-0.15, -0.1) is 0 Å². The van der Waals surface area contributed by atoms with Crippen molar-refractivity contribution in [1.29, 1.82) is 0 Å². The molecule has 0 aliphatic rings. The molecule has 0 bridgehead atoms. The van der Waals surface area contributed by atoms with Gasteiger partial charge in [-0.05, 0) is 24.5 Å². The van der Waals surface area contributed by atoms with Crippen molar-refractivity contribution in [3.8, 4) is 5.75 Å². The predicted molar refractivity (Wildman–Crippen MR) is 90.5 cm³/mol. The third-order valence-electron chi connectivity index (χ3n) is 4.31. The summed E-state index contributed by atoms with van der Waals surface area (Å²) in [6, 6.07) is 4.78. The molecular weight excluding hydrogens is 276 g/mol. The van der Waals surface area contributed by atoms with E-state index in [-0.39, 0.29) is 11.3 Å². The lowest BCUT2D eigenvalue weighted by molar-refractivity contribution is 0.0694. The maximum absolute atomic E-state index is 11.4. The average Bonchev–Trinajstić information content (AvgIpc) is 2.50. The summed E-state index contributed by atoms with van der Waals surface area (Å²) in [4.78, 5) is 11.4. The Bertz CT molecular complexity index is 454. The molecule has 0 aliphatic carbocycles. The van der Waals surface area contributed by atoms with E-state index in [1.54, 1.807) is 18.2 Å². The summed E-state index contributed by atoms with van der Waals surface area (Å²) in [7, 11) is 0. The number of aromatic carboxylic acids is 1. The number of carbonyl (C=O) groups is 1. The predicted octanol–water partition coefficient (Wildman–Crippen LogP) is 5.41. The minimum atomic E-state index is -0.953. The molecule has 2 N–H and O–H groups in total. The zero-order valence-corrected chi connectivity index (χ0v) is 14.0. The maximum atomic E-state index is 11.4. The van der Waals surface area contributed by atoms with Crippen LogP contribution in [0.25, 0.3) is 0 Å². The van der Waals surface area contributed by atoms with Crippen LogP contribution in [0.2, 0.25) is 0 Å². The minimum absolute atomic E-state index is 0.120. The lowest BCUT2D eigenvalue weighted by atomic mass is 9.87. The van der Waals surface area contributed by atoms with Crippen molar-refractivity contribution in [3.05, 3.63) is 29.3 Å². The van der Waals surface area contributed by atoms with Gasteiger partial charge < -0.3 is 10.2 Å². The van der Waals surface area contributed by atoms with Crippen molar-refractivity contribution >= 4 is 5.97 Å². The smallest absolute Gasteiger partial charge is 0.336 e. The number of carboxylic acid groups (broad SMARTS) is 1. The maximum Gasteiger partial charge on any atom is 0.336 e. The molecule has 0 aliphatic heterocycles. The molecule has 1 unspecified atom stereocenters. The van der Waals surface area contributed by atoms with E-state index in [4.69, 9.17) is 0 Å². The Labute approximate surface area is 134 Å². The van der Waals surface area contributed by atoms with E-state index in [0.717, 1.165) is 25.7 Å². The molecule has 0 fully saturated rings. The fraction of sp³-hybridized carbons (Fsp3) is 0.632. The number of hydrogen-bond donors (Lipinski definition) is 2. The van der Waals surface area contributed by atoms with Crippen molar-refractivity contribution in [2.45, 2.75) is 71.6 Å². The van der Waals surface area contributed by atoms with Crippen molar-refractivity contribution < 1.29 is 15.0 Å². The van der Waals surface area contributed by atoms with Gasteiger partial charge in [0.2, 0.25) is 0 Å². The summed E-state index contributed by atoms with van der Waals surface area (Å²) >= 11 is 0. The van der Waals surface area contributed by atoms with Crippen LogP contribution in [0.5, 0.6) is 5.75 Å². The van der Waals surface area contributed by atoms with Crippen LogP contribution in [0.15, 0.2) is 18.2 Å². The molecule has 0 radical (unpaired) electrons. The quantitative estimate of drug-likeness (QED) is 0.537. The number of aromatic hydroxyl groups is 1. The van der Waals surface area contributed by atoms with Crippen LogP contribution in [-0.4, -0.2) is 16.2 Å². The van der Waals surface area contributed by atoms with E-state index >= 15 is 0 Å². The number of phenols is 1. The highest BCUT2D eigenvalue weighted by Crippen LogP contribution is 2.29. The van der Waals surface area contributed by atoms with E-state index in [2.05, 4.69) is 13.8 Å². The third kappa shape index (κ3) is 6.08. The highest BCUT2D eigenvalue weighted by Gasteiger charge is 2.18. The van der Waals surface area contributed by atoms with E-state index in [1.165, 1.54) is 25.7 Å². The molecule has 0 saturated carbocycles. The van der Waals surface area contributed by atoms with Crippen molar-refractivity contribution in [1.82, 2.24) is 0 Å². The molecular formula is C19H30O3. The van der Waals surface area contributed by atoms with Crippen LogP contribution in [-0.2, 0) is 6.42 Å². The van der Waals surface area contributed by atoms with E-state index in [1.807, 2.05) is 0 Å². The molecule has 1 aromatic carbocycles. The summed E-state index contributed by atoms with van der Waals surface area (Å²) in [5, 5.41) is 19.4. The normalized spacial score (nSPS) is 12.3. The summed E-state index contributed by atoms with van der Waals surface area (Å²) in [6.45, 7) is 4.38. The molecule has 124 valence electrons. The molecule has 0 spiro atoms. The first kappa shape index (κ1) is 18.5. The lowest BCUT2D eigenvalue weighted by Gasteiger charge is -2.18. The molecule has 0 aromatic heterocycles. The molecule has 0 saturated heterocycles. The standard InChI is InChI=1S/C19H30O3/c1-3-5-7-8-11-15(10-6-4-2)14-17-16(19(21)22)12-9-13-18(17)20/h9,12-13,15,20H,3-8,10-11,14H2,1-2H3,(H,21,22). The van der Waals surface area contributed by atoms with Crippen LogP contribution >= 0.6 is 0 Å². The van der Waals surface area contributed by atoms with Gasteiger partial charge in [0.25, 0.3) is 0 Å². The second-order valence-corrected chi connectivity index (χ2v) is 6.17. The van der Waals surface area contributed by atoms with Crippen molar-refractivity contribution in [2.75, 3.05) is 0 Å². The summed E-state index contributed by atoms with van der Waals surface area (Å²) in [5.74, 6) is -0.371. The van der Waals surface area contributed by atoms with Gasteiger partial charge >= 0.3 is 5.97 Å². The lowest BCUT2D eigenvalue weighted by Crippen LogP contribution is -2.10. The van der Waals surface area contributed by atoms with Gasteiger partial charge in [-0.25, -0.2) is 4.79 Å². The van der Waals surface area contributed by atoms with Crippen LogP contribution in [0.3, 0.4) is 0 Å². The topological polar surface area (TPSA) is 57.5 Å². The zero-order chi connectivity index (χ0) is 16.4. The molecule has 22 heavy (non-hydrogen) atoms. The Morgan fingerprint density at radius 2 is 1.73 bits per heavy atom. The third-order valence-corrected chi connectivity index (χ3v) is 4.31. The van der Waals surface area contributed by atoms with E-state index in [9.17, 15) is 15.0 Å². The molecule has 1 atom stereocenters. The molecule has 3 nitrogen and oxygen atoms in total. The van der Waals surface area contributed by atoms with Gasteiger partial charge in [0, 0.05) is 5.56 Å². The van der Waals surface area contributed by atoms with Crippen molar-refractivity contribution in [3.63, 3.8) is 0 Å². The average molecular weight is 306 g/mol. The van der Waals surface area contributed by atoms with Crippen LogP contribution in [0.4, 0.5) is 0 Å². The monoisotopic (exact) mass is 306 g/mol. The van der Waals surface area contributed by atoms with Crippen LogP contribution in [0, 0.1) is 5.92 Å². The van der Waals surface area contributed by atoms with Crippen LogP contribution in [0.1, 0.15) is 81.1 Å². The van der Waals surface area contributed by atoms with E-state index < -0.39 is 5.97 Å². The van der Waals surface area contributed by atoms with Crippen molar-refractivity contribution in [2.24, 2.45) is 5.92 Å². The molecule has 3 heteroatoms. The number of benzene rings is 1. The highest BCUT2D eigenvalue weighted by atomic mass is 16.4. The number of unbranched alkanes of at least 4 members (excludes halogenated alkanes) is 4. The molecule has 0 heterocycles. The molecule has 0 amide bonds. The Morgan fingerprint density at radius 3 is 2.36 bits per heavy atom. The van der Waals surface area contributed by atoms with Gasteiger partial charge in [-0.1, -0.05) is 71.3 Å². The summed E-state index contributed by atoms with van der Waals surface area (Å²) in [5.41, 5.74) is 0.849. The highest BCUT2D eigenvalue weighted by molar-refractivity contribution is 5.90. The van der Waals surface area contributed by atoms with Gasteiger partial charge in [-0.3, -0.25) is 0 Å². The Hall–Kier alpha value is -1.51. The Kier molecular flexibility index (Phi) is 8.64. The van der Waals surface area contributed by atoms with Gasteiger partial charge in [0.1, 0.15) is 5.75 Å². The fourth-order valence-electron chi connectivity index (χ4n) is 2.98. The molecule has 1 rings (SSSR count). The largest absolute Gasteiger partial charge is 0.508 e. The summed E-state index contributed by atoms with van der Waals surface area (Å²) < 4.78 is 0. The second-order valence-electron chi connectivity index (χ2n) is 6.17. The zero-order valence-electron chi connectivity index (χ0n) is 14.0.